The Kier molecular flexibility index (Phi) is 5.84. The molecule has 31 heavy (non-hydrogen) atoms. The van der Waals surface area contributed by atoms with Gasteiger partial charge in [-0.3, -0.25) is 0 Å². The monoisotopic (exact) mass is 516 g/mol. The first kappa shape index (κ1) is 20.3. The van der Waals surface area contributed by atoms with Crippen LogP contribution in [0.1, 0.15) is 11.5 Å². The summed E-state index contributed by atoms with van der Waals surface area (Å²) in [5.41, 5.74) is 2.02. The highest BCUT2D eigenvalue weighted by molar-refractivity contribution is 9.10. The fraction of sp³-hybridized carbons (Fsp3) is 0.190. The highest BCUT2D eigenvalue weighted by Crippen LogP contribution is 2.37. The summed E-state index contributed by atoms with van der Waals surface area (Å²) in [6.45, 7) is 0.628. The van der Waals surface area contributed by atoms with E-state index in [1.165, 1.54) is 0 Å². The van der Waals surface area contributed by atoms with E-state index in [-0.39, 0.29) is 6.79 Å². The molecular weight excluding hydrogens is 500 g/mol. The van der Waals surface area contributed by atoms with Crippen molar-refractivity contribution in [2.24, 2.45) is 7.05 Å². The van der Waals surface area contributed by atoms with Crippen molar-refractivity contribution < 1.29 is 14.2 Å². The predicted molar refractivity (Wildman–Crippen MR) is 123 cm³/mol. The van der Waals surface area contributed by atoms with Gasteiger partial charge in [-0.05, 0) is 42.5 Å². The fourth-order valence-corrected chi connectivity index (χ4v) is 4.96. The zero-order valence-corrected chi connectivity index (χ0v) is 19.7. The molecule has 1 aliphatic rings. The molecule has 0 fully saturated rings. The van der Waals surface area contributed by atoms with Crippen molar-refractivity contribution in [3.8, 4) is 27.8 Å². The molecule has 0 saturated heterocycles. The zero-order valence-electron chi connectivity index (χ0n) is 16.4. The van der Waals surface area contributed by atoms with Crippen LogP contribution in [-0.4, -0.2) is 26.5 Å². The standard InChI is InChI=1S/C21H17BrN4O3S2/c1-26-19(9-27-16-5-3-14(22)4-6-16)24-25-21(26)31-11-15-10-30-20(23-15)13-2-7-17-18(8-13)29-12-28-17/h2-8,10H,9,11-12H2,1H3. The van der Waals surface area contributed by atoms with Gasteiger partial charge < -0.3 is 18.8 Å². The van der Waals surface area contributed by atoms with Gasteiger partial charge in [0.05, 0.1) is 5.69 Å². The van der Waals surface area contributed by atoms with E-state index in [9.17, 15) is 0 Å². The van der Waals surface area contributed by atoms with Crippen LogP contribution >= 0.6 is 39.0 Å². The molecule has 0 aliphatic carbocycles. The second kappa shape index (κ2) is 8.89. The van der Waals surface area contributed by atoms with E-state index < -0.39 is 0 Å². The Bertz CT molecular complexity index is 1210. The summed E-state index contributed by atoms with van der Waals surface area (Å²) in [5, 5.41) is 12.4. The van der Waals surface area contributed by atoms with Gasteiger partial charge in [-0.15, -0.1) is 21.5 Å². The van der Waals surface area contributed by atoms with Crippen LogP contribution in [0.5, 0.6) is 17.2 Å². The molecule has 1 aliphatic heterocycles. The quantitative estimate of drug-likeness (QED) is 0.308. The second-order valence-electron chi connectivity index (χ2n) is 6.70. The number of fused-ring (bicyclic) bond motifs is 1. The minimum Gasteiger partial charge on any atom is -0.486 e. The molecule has 0 amide bonds. The number of thiazole rings is 1. The molecule has 10 heteroatoms. The van der Waals surface area contributed by atoms with Gasteiger partial charge in [-0.25, -0.2) is 4.98 Å². The Hall–Kier alpha value is -2.56. The summed E-state index contributed by atoms with van der Waals surface area (Å²) in [5.74, 6) is 3.81. The van der Waals surface area contributed by atoms with Crippen molar-refractivity contribution in [3.05, 3.63) is 63.8 Å². The highest BCUT2D eigenvalue weighted by atomic mass is 79.9. The number of nitrogens with zero attached hydrogens (tertiary/aromatic N) is 4. The molecule has 0 radical (unpaired) electrons. The largest absolute Gasteiger partial charge is 0.486 e. The third-order valence-electron chi connectivity index (χ3n) is 4.63. The summed E-state index contributed by atoms with van der Waals surface area (Å²) < 4.78 is 19.6. The van der Waals surface area contributed by atoms with Crippen molar-refractivity contribution >= 4 is 39.0 Å². The average molecular weight is 517 g/mol. The normalized spacial score (nSPS) is 12.3. The maximum absolute atomic E-state index is 5.80. The van der Waals surface area contributed by atoms with E-state index in [2.05, 4.69) is 31.5 Å². The van der Waals surface area contributed by atoms with Gasteiger partial charge in [0.1, 0.15) is 17.4 Å². The van der Waals surface area contributed by atoms with Crippen LogP contribution in [0.25, 0.3) is 10.6 Å². The molecule has 5 rings (SSSR count). The molecule has 0 spiro atoms. The molecule has 2 aromatic heterocycles. The Morgan fingerprint density at radius 3 is 2.84 bits per heavy atom. The average Bonchev–Trinajstić information content (AvgIpc) is 3.52. The van der Waals surface area contributed by atoms with Crippen LogP contribution < -0.4 is 14.2 Å². The van der Waals surface area contributed by atoms with Gasteiger partial charge >= 0.3 is 0 Å². The maximum atomic E-state index is 5.80. The smallest absolute Gasteiger partial charge is 0.231 e. The second-order valence-corrected chi connectivity index (χ2v) is 9.42. The first-order valence-corrected chi connectivity index (χ1v) is 12.1. The number of ether oxygens (including phenoxy) is 3. The highest BCUT2D eigenvalue weighted by Gasteiger charge is 2.16. The molecule has 2 aromatic carbocycles. The SMILES string of the molecule is Cn1c(COc2ccc(Br)cc2)nnc1SCc1csc(-c2ccc3c(c2)OCO3)n1. The van der Waals surface area contributed by atoms with E-state index in [1.807, 2.05) is 54.1 Å². The molecule has 7 nitrogen and oxygen atoms in total. The summed E-state index contributed by atoms with van der Waals surface area (Å²) in [6, 6.07) is 13.6. The van der Waals surface area contributed by atoms with Crippen molar-refractivity contribution in [1.29, 1.82) is 0 Å². The van der Waals surface area contributed by atoms with Crippen molar-refractivity contribution in [1.82, 2.24) is 19.7 Å². The molecule has 158 valence electrons. The van der Waals surface area contributed by atoms with Crippen molar-refractivity contribution in [2.45, 2.75) is 17.5 Å². The third kappa shape index (κ3) is 4.56. The number of rotatable bonds is 7. The number of halogens is 1. The Balaban J connectivity index is 1.20. The zero-order chi connectivity index (χ0) is 21.2. The van der Waals surface area contributed by atoms with Crippen molar-refractivity contribution in [2.75, 3.05) is 6.79 Å². The molecule has 0 atom stereocenters. The lowest BCUT2D eigenvalue weighted by Gasteiger charge is -2.06. The summed E-state index contributed by atoms with van der Waals surface area (Å²) >= 11 is 6.63. The van der Waals surface area contributed by atoms with Gasteiger partial charge in [0.15, 0.2) is 22.5 Å². The van der Waals surface area contributed by atoms with Crippen molar-refractivity contribution in [3.63, 3.8) is 0 Å². The van der Waals surface area contributed by atoms with E-state index in [1.54, 1.807) is 23.1 Å². The lowest BCUT2D eigenvalue weighted by molar-refractivity contribution is 0.174. The van der Waals surface area contributed by atoms with E-state index in [0.717, 1.165) is 49.0 Å². The minimum absolute atomic E-state index is 0.270. The molecule has 0 N–H and O–H groups in total. The Morgan fingerprint density at radius 1 is 1.13 bits per heavy atom. The van der Waals surface area contributed by atoms with Crippen LogP contribution in [0.4, 0.5) is 0 Å². The molecule has 4 aromatic rings. The van der Waals surface area contributed by atoms with Gasteiger partial charge in [0.2, 0.25) is 6.79 Å². The Labute approximate surface area is 195 Å². The summed E-state index contributed by atoms with van der Waals surface area (Å²) in [7, 11) is 1.95. The van der Waals surface area contributed by atoms with E-state index in [4.69, 9.17) is 19.2 Å². The summed E-state index contributed by atoms with van der Waals surface area (Å²) in [4.78, 5) is 4.76. The third-order valence-corrected chi connectivity index (χ3v) is 7.15. The molecule has 0 saturated carbocycles. The lowest BCUT2D eigenvalue weighted by Crippen LogP contribution is -2.04. The summed E-state index contributed by atoms with van der Waals surface area (Å²) in [6.07, 6.45) is 0. The number of benzene rings is 2. The number of hydrogen-bond acceptors (Lipinski definition) is 8. The van der Waals surface area contributed by atoms with Crippen LogP contribution in [0, 0.1) is 0 Å². The lowest BCUT2D eigenvalue weighted by atomic mass is 10.2. The first-order chi connectivity index (χ1) is 15.2. The van der Waals surface area contributed by atoms with Gasteiger partial charge in [-0.2, -0.15) is 0 Å². The van der Waals surface area contributed by atoms with Crippen LogP contribution in [0.2, 0.25) is 0 Å². The van der Waals surface area contributed by atoms with Gasteiger partial charge in [0.25, 0.3) is 0 Å². The van der Waals surface area contributed by atoms with Gasteiger partial charge in [-0.1, -0.05) is 27.7 Å². The molecular formula is C21H17BrN4O3S2. The number of aromatic nitrogens is 4. The van der Waals surface area contributed by atoms with E-state index in [0.29, 0.717) is 12.4 Å². The van der Waals surface area contributed by atoms with Crippen LogP contribution in [-0.2, 0) is 19.4 Å². The molecule has 3 heterocycles. The number of thioether (sulfide) groups is 1. The van der Waals surface area contributed by atoms with E-state index >= 15 is 0 Å². The number of hydrogen-bond donors (Lipinski definition) is 0. The topological polar surface area (TPSA) is 71.3 Å². The maximum Gasteiger partial charge on any atom is 0.231 e. The van der Waals surface area contributed by atoms with Gasteiger partial charge in [0, 0.05) is 28.2 Å². The molecule has 0 unspecified atom stereocenters. The Morgan fingerprint density at radius 2 is 1.97 bits per heavy atom. The minimum atomic E-state index is 0.270. The molecule has 0 bridgehead atoms. The van der Waals surface area contributed by atoms with Crippen LogP contribution in [0.15, 0.2) is 57.5 Å². The fourth-order valence-electron chi connectivity index (χ4n) is 2.95. The van der Waals surface area contributed by atoms with Crippen LogP contribution in [0.3, 0.4) is 0 Å². The first-order valence-electron chi connectivity index (χ1n) is 9.39. The predicted octanol–water partition coefficient (Wildman–Crippen LogP) is 5.30.